The van der Waals surface area contributed by atoms with E-state index in [2.05, 4.69) is 35.3 Å². The molecule has 1 saturated heterocycles. The molecule has 0 aromatic heterocycles. The van der Waals surface area contributed by atoms with Crippen molar-refractivity contribution >= 4 is 23.2 Å². The van der Waals surface area contributed by atoms with Gasteiger partial charge in [0.2, 0.25) is 0 Å². The van der Waals surface area contributed by atoms with Gasteiger partial charge in [0.15, 0.2) is 0 Å². The van der Waals surface area contributed by atoms with E-state index in [4.69, 9.17) is 0 Å². The summed E-state index contributed by atoms with van der Waals surface area (Å²) >= 11 is 0. The van der Waals surface area contributed by atoms with Crippen LogP contribution in [-0.2, 0) is 9.59 Å². The number of likely N-dealkylation sites (N-methyl/N-ethyl adjacent to an activating group) is 1. The molecule has 1 N–H and O–H groups in total. The number of hydrogen-bond donors (Lipinski definition) is 1. The van der Waals surface area contributed by atoms with Crippen LogP contribution in [0.2, 0.25) is 0 Å². The van der Waals surface area contributed by atoms with Crippen LogP contribution in [0, 0.1) is 0 Å². The van der Waals surface area contributed by atoms with Crippen molar-refractivity contribution < 1.29 is 9.59 Å². The van der Waals surface area contributed by atoms with Crippen LogP contribution in [0.25, 0.3) is 0 Å². The van der Waals surface area contributed by atoms with Gasteiger partial charge in [-0.05, 0) is 31.3 Å². The summed E-state index contributed by atoms with van der Waals surface area (Å²) in [5, 5.41) is 2.65. The van der Waals surface area contributed by atoms with E-state index >= 15 is 0 Å². The zero-order chi connectivity index (χ0) is 18.2. The van der Waals surface area contributed by atoms with E-state index in [9.17, 15) is 9.59 Å². The van der Waals surface area contributed by atoms with Crippen molar-refractivity contribution in [2.45, 2.75) is 0 Å². The Hall–Kier alpha value is -2.60. The molecule has 0 unspecified atom stereocenters. The zero-order valence-corrected chi connectivity index (χ0v) is 14.8. The number of rotatable bonds is 6. The van der Waals surface area contributed by atoms with Crippen LogP contribution in [0.3, 0.4) is 0 Å². The molecule has 6 nitrogen and oxygen atoms in total. The Labute approximate surface area is 149 Å². The molecule has 0 aliphatic carbocycles. The van der Waals surface area contributed by atoms with Gasteiger partial charge in [-0.1, -0.05) is 12.2 Å². The average molecular weight is 342 g/mol. The van der Waals surface area contributed by atoms with Gasteiger partial charge in [-0.25, -0.2) is 0 Å². The van der Waals surface area contributed by atoms with Crippen LogP contribution >= 0.6 is 0 Å². The summed E-state index contributed by atoms with van der Waals surface area (Å²) < 4.78 is 0. The van der Waals surface area contributed by atoms with Crippen molar-refractivity contribution in [3.05, 3.63) is 49.6 Å². The van der Waals surface area contributed by atoms with Crippen molar-refractivity contribution in [1.82, 2.24) is 9.80 Å². The summed E-state index contributed by atoms with van der Waals surface area (Å²) in [4.78, 5) is 30.3. The van der Waals surface area contributed by atoms with E-state index < -0.39 is 11.8 Å². The van der Waals surface area contributed by atoms with Gasteiger partial charge in [-0.3, -0.25) is 9.59 Å². The van der Waals surface area contributed by atoms with E-state index in [0.29, 0.717) is 18.8 Å². The quantitative estimate of drug-likeness (QED) is 0.630. The number of nitrogens with one attached hydrogen (secondary N) is 1. The van der Waals surface area contributed by atoms with Gasteiger partial charge in [-0.2, -0.15) is 0 Å². The van der Waals surface area contributed by atoms with E-state index in [1.807, 2.05) is 24.3 Å². The number of benzene rings is 1. The SMILES string of the molecule is C=CCN(CC=C)C(=O)C(=O)Nc1ccc(N2CCN(C)CC2)cc1. The van der Waals surface area contributed by atoms with Crippen LogP contribution in [0.15, 0.2) is 49.6 Å². The molecule has 1 aliphatic rings. The largest absolute Gasteiger partial charge is 0.369 e. The smallest absolute Gasteiger partial charge is 0.313 e. The molecule has 1 aromatic carbocycles. The van der Waals surface area contributed by atoms with Gasteiger partial charge >= 0.3 is 11.8 Å². The molecular formula is C19H26N4O2. The molecule has 2 rings (SSSR count). The second-order valence-corrected chi connectivity index (χ2v) is 6.08. The Kier molecular flexibility index (Phi) is 6.77. The fourth-order valence-electron chi connectivity index (χ4n) is 2.70. The topological polar surface area (TPSA) is 55.9 Å². The number of carbonyl (C=O) groups excluding carboxylic acids is 2. The molecule has 1 aromatic rings. The minimum absolute atomic E-state index is 0.306. The number of nitrogens with zero attached hydrogens (tertiary/aromatic N) is 3. The first kappa shape index (κ1) is 18.7. The summed E-state index contributed by atoms with van der Waals surface area (Å²) in [5.41, 5.74) is 1.73. The van der Waals surface area contributed by atoms with E-state index in [1.165, 1.54) is 4.90 Å². The monoisotopic (exact) mass is 342 g/mol. The van der Waals surface area contributed by atoms with Crippen LogP contribution in [0.4, 0.5) is 11.4 Å². The highest BCUT2D eigenvalue weighted by atomic mass is 16.2. The summed E-state index contributed by atoms with van der Waals surface area (Å²) in [5.74, 6) is -1.25. The molecule has 0 atom stereocenters. The zero-order valence-electron chi connectivity index (χ0n) is 14.8. The number of piperazine rings is 1. The van der Waals surface area contributed by atoms with Crippen molar-refractivity contribution in [3.63, 3.8) is 0 Å². The Bertz CT molecular complexity index is 609. The van der Waals surface area contributed by atoms with Crippen molar-refractivity contribution in [3.8, 4) is 0 Å². The van der Waals surface area contributed by atoms with Crippen molar-refractivity contribution in [2.75, 3.05) is 56.5 Å². The second-order valence-electron chi connectivity index (χ2n) is 6.08. The maximum atomic E-state index is 12.2. The van der Waals surface area contributed by atoms with Gasteiger partial charge < -0.3 is 20.0 Å². The van der Waals surface area contributed by atoms with Gasteiger partial charge in [0.05, 0.1) is 0 Å². The Morgan fingerprint density at radius 1 is 1.08 bits per heavy atom. The molecule has 0 saturated carbocycles. The third kappa shape index (κ3) is 5.19. The third-order valence-electron chi connectivity index (χ3n) is 4.17. The number of hydrogen-bond acceptors (Lipinski definition) is 4. The van der Waals surface area contributed by atoms with Crippen LogP contribution in [0.1, 0.15) is 0 Å². The Balaban J connectivity index is 1.95. The maximum Gasteiger partial charge on any atom is 0.313 e. The van der Waals surface area contributed by atoms with E-state index in [1.54, 1.807) is 12.2 Å². The summed E-state index contributed by atoms with van der Waals surface area (Å²) in [7, 11) is 2.12. The van der Waals surface area contributed by atoms with Crippen molar-refractivity contribution in [2.24, 2.45) is 0 Å². The minimum atomic E-state index is -0.656. The highest BCUT2D eigenvalue weighted by molar-refractivity contribution is 6.39. The van der Waals surface area contributed by atoms with Gasteiger partial charge in [-0.15, -0.1) is 13.2 Å². The molecule has 0 radical (unpaired) electrons. The number of amides is 2. The molecule has 1 heterocycles. The third-order valence-corrected chi connectivity index (χ3v) is 4.17. The van der Waals surface area contributed by atoms with Gasteiger partial charge in [0, 0.05) is 50.6 Å². The van der Waals surface area contributed by atoms with Gasteiger partial charge in [0.25, 0.3) is 0 Å². The fourth-order valence-corrected chi connectivity index (χ4v) is 2.70. The lowest BCUT2D eigenvalue weighted by molar-refractivity contribution is -0.142. The molecule has 1 fully saturated rings. The summed E-state index contributed by atoms with van der Waals surface area (Å²) in [6.07, 6.45) is 3.17. The molecule has 134 valence electrons. The molecular weight excluding hydrogens is 316 g/mol. The van der Waals surface area contributed by atoms with Crippen LogP contribution in [0.5, 0.6) is 0 Å². The Morgan fingerprint density at radius 2 is 1.64 bits per heavy atom. The summed E-state index contributed by atoms with van der Waals surface area (Å²) in [6.45, 7) is 11.9. The Morgan fingerprint density at radius 3 is 2.16 bits per heavy atom. The van der Waals surface area contributed by atoms with Crippen molar-refractivity contribution in [1.29, 1.82) is 0 Å². The van der Waals surface area contributed by atoms with Crippen LogP contribution < -0.4 is 10.2 Å². The molecule has 0 bridgehead atoms. The van der Waals surface area contributed by atoms with E-state index in [0.717, 1.165) is 31.9 Å². The molecule has 1 aliphatic heterocycles. The normalized spacial score (nSPS) is 14.7. The maximum absolute atomic E-state index is 12.2. The molecule has 25 heavy (non-hydrogen) atoms. The summed E-state index contributed by atoms with van der Waals surface area (Å²) in [6, 6.07) is 7.58. The highest BCUT2D eigenvalue weighted by Crippen LogP contribution is 2.19. The van der Waals surface area contributed by atoms with Gasteiger partial charge in [0.1, 0.15) is 0 Å². The predicted octanol–water partition coefficient (Wildman–Crippen LogP) is 1.58. The lowest BCUT2D eigenvalue weighted by atomic mass is 10.2. The molecule has 0 spiro atoms. The number of anilines is 2. The van der Waals surface area contributed by atoms with E-state index in [-0.39, 0.29) is 0 Å². The van der Waals surface area contributed by atoms with Crippen LogP contribution in [-0.4, -0.2) is 67.9 Å². The first-order valence-corrected chi connectivity index (χ1v) is 8.40. The minimum Gasteiger partial charge on any atom is -0.369 e. The lowest BCUT2D eigenvalue weighted by Crippen LogP contribution is -2.44. The predicted molar refractivity (Wildman–Crippen MR) is 102 cm³/mol. The number of carbonyl (C=O) groups is 2. The average Bonchev–Trinajstić information content (AvgIpc) is 2.62. The first-order chi connectivity index (χ1) is 12.0. The highest BCUT2D eigenvalue weighted by Gasteiger charge is 2.20. The molecule has 6 heteroatoms. The molecule has 2 amide bonds. The first-order valence-electron chi connectivity index (χ1n) is 8.40. The standard InChI is InChI=1S/C19H26N4O2/c1-4-10-23(11-5-2)19(25)18(24)20-16-6-8-17(9-7-16)22-14-12-21(3)13-15-22/h4-9H,1-2,10-15H2,3H3,(H,20,24). The second kappa shape index (κ2) is 9.03. The lowest BCUT2D eigenvalue weighted by Gasteiger charge is -2.34. The fraction of sp³-hybridized carbons (Fsp3) is 0.368.